The van der Waals surface area contributed by atoms with E-state index < -0.39 is 0 Å². The van der Waals surface area contributed by atoms with Crippen LogP contribution in [-0.2, 0) is 0 Å². The maximum atomic E-state index is 11.5. The third-order valence-electron chi connectivity index (χ3n) is 3.38. The number of hydrogen-bond acceptors (Lipinski definition) is 3. The van der Waals surface area contributed by atoms with Crippen LogP contribution < -0.4 is 9.47 Å². The molecule has 0 fully saturated rings. The molecule has 0 aliphatic rings. The molecule has 3 nitrogen and oxygen atoms in total. The van der Waals surface area contributed by atoms with Gasteiger partial charge in [0.1, 0.15) is 11.5 Å². The highest BCUT2D eigenvalue weighted by atomic mass is 16.5. The molecule has 0 radical (unpaired) electrons. The van der Waals surface area contributed by atoms with Gasteiger partial charge in [-0.2, -0.15) is 0 Å². The third kappa shape index (κ3) is 2.39. The minimum atomic E-state index is 0.513. The molecule has 0 unspecified atom stereocenters. The minimum absolute atomic E-state index is 0.513. The number of methoxy groups -OCH3 is 2. The Morgan fingerprint density at radius 3 is 2.15 bits per heavy atom. The van der Waals surface area contributed by atoms with E-state index in [1.54, 1.807) is 20.3 Å². The van der Waals surface area contributed by atoms with Gasteiger partial charge in [0.2, 0.25) is 0 Å². The number of rotatable bonds is 4. The van der Waals surface area contributed by atoms with Gasteiger partial charge >= 0.3 is 0 Å². The topological polar surface area (TPSA) is 35.5 Å². The van der Waals surface area contributed by atoms with Crippen LogP contribution in [0.2, 0.25) is 0 Å². The number of carbonyl (C=O) groups is 1. The zero-order chi connectivity index (χ0) is 14.7. The Labute approximate surface area is 119 Å². The average Bonchev–Trinajstić information content (AvgIpc) is 2.45. The number of carbonyl (C=O) groups excluding carboxylic acids is 1. The Bertz CT molecular complexity index is 645. The average molecular weight is 270 g/mol. The molecule has 0 N–H and O–H groups in total. The van der Waals surface area contributed by atoms with E-state index in [2.05, 4.69) is 6.07 Å². The Morgan fingerprint density at radius 1 is 0.950 bits per heavy atom. The van der Waals surface area contributed by atoms with Crippen molar-refractivity contribution in [1.29, 1.82) is 0 Å². The molecular formula is C17H18O3. The van der Waals surface area contributed by atoms with Gasteiger partial charge in [0.15, 0.2) is 6.29 Å². The van der Waals surface area contributed by atoms with E-state index in [9.17, 15) is 4.79 Å². The fourth-order valence-corrected chi connectivity index (χ4v) is 2.42. The molecule has 2 aromatic carbocycles. The van der Waals surface area contributed by atoms with Gasteiger partial charge in [-0.3, -0.25) is 4.79 Å². The molecule has 0 atom stereocenters. The highest BCUT2D eigenvalue weighted by Crippen LogP contribution is 2.39. The second kappa shape index (κ2) is 5.78. The van der Waals surface area contributed by atoms with E-state index in [1.807, 2.05) is 32.0 Å². The fraction of sp³-hybridized carbons (Fsp3) is 0.235. The van der Waals surface area contributed by atoms with Gasteiger partial charge in [0.25, 0.3) is 0 Å². The van der Waals surface area contributed by atoms with Gasteiger partial charge < -0.3 is 9.47 Å². The molecule has 0 aliphatic carbocycles. The van der Waals surface area contributed by atoms with Gasteiger partial charge in [-0.05, 0) is 37.1 Å². The predicted molar refractivity (Wildman–Crippen MR) is 79.8 cm³/mol. The second-order valence-corrected chi connectivity index (χ2v) is 4.69. The number of aldehydes is 1. The van der Waals surface area contributed by atoms with E-state index >= 15 is 0 Å². The van der Waals surface area contributed by atoms with Crippen LogP contribution in [0.3, 0.4) is 0 Å². The third-order valence-corrected chi connectivity index (χ3v) is 3.38. The zero-order valence-electron chi connectivity index (χ0n) is 12.2. The molecule has 0 saturated heterocycles. The Morgan fingerprint density at radius 2 is 1.60 bits per heavy atom. The summed E-state index contributed by atoms with van der Waals surface area (Å²) in [6.45, 7) is 4.07. The van der Waals surface area contributed by atoms with E-state index in [4.69, 9.17) is 9.47 Å². The van der Waals surface area contributed by atoms with Crippen LogP contribution in [0.15, 0.2) is 30.3 Å². The lowest BCUT2D eigenvalue weighted by Gasteiger charge is -2.16. The van der Waals surface area contributed by atoms with Crippen molar-refractivity contribution in [1.82, 2.24) is 0 Å². The van der Waals surface area contributed by atoms with Crippen molar-refractivity contribution < 1.29 is 14.3 Å². The smallest absolute Gasteiger partial charge is 0.154 e. The molecule has 0 heterocycles. The highest BCUT2D eigenvalue weighted by Gasteiger charge is 2.17. The molecular weight excluding hydrogens is 252 g/mol. The van der Waals surface area contributed by atoms with Crippen molar-refractivity contribution in [3.8, 4) is 22.6 Å². The van der Waals surface area contributed by atoms with Gasteiger partial charge in [0, 0.05) is 5.56 Å². The zero-order valence-corrected chi connectivity index (χ0v) is 12.2. The van der Waals surface area contributed by atoms with Gasteiger partial charge in [-0.25, -0.2) is 0 Å². The molecule has 0 aliphatic heterocycles. The lowest BCUT2D eigenvalue weighted by molar-refractivity contribution is 0.112. The Kier molecular flexibility index (Phi) is 4.08. The van der Waals surface area contributed by atoms with Crippen LogP contribution in [0.1, 0.15) is 21.5 Å². The maximum absolute atomic E-state index is 11.5. The lowest BCUT2D eigenvalue weighted by Crippen LogP contribution is -1.99. The summed E-state index contributed by atoms with van der Waals surface area (Å²) in [7, 11) is 3.16. The standard InChI is InChI=1S/C17H18O3/c1-11-5-6-13(12(2)9-11)17-14(10-18)15(19-3)7-8-16(17)20-4/h5-10H,1-4H3. The molecule has 0 amide bonds. The van der Waals surface area contributed by atoms with Crippen LogP contribution in [0, 0.1) is 13.8 Å². The first-order valence-electron chi connectivity index (χ1n) is 6.40. The monoisotopic (exact) mass is 270 g/mol. The number of ether oxygens (including phenoxy) is 2. The summed E-state index contributed by atoms with van der Waals surface area (Å²) in [6.07, 6.45) is 0.815. The second-order valence-electron chi connectivity index (χ2n) is 4.69. The molecule has 0 aromatic heterocycles. The molecule has 20 heavy (non-hydrogen) atoms. The van der Waals surface area contributed by atoms with Crippen LogP contribution in [-0.4, -0.2) is 20.5 Å². The van der Waals surface area contributed by atoms with E-state index in [1.165, 1.54) is 5.56 Å². The molecule has 0 saturated carbocycles. The molecule has 2 rings (SSSR count). The maximum Gasteiger partial charge on any atom is 0.154 e. The molecule has 104 valence electrons. The van der Waals surface area contributed by atoms with Crippen molar-refractivity contribution in [3.05, 3.63) is 47.0 Å². The first-order valence-corrected chi connectivity index (χ1v) is 6.40. The number of hydrogen-bond donors (Lipinski definition) is 0. The van der Waals surface area contributed by atoms with Crippen molar-refractivity contribution >= 4 is 6.29 Å². The Balaban J connectivity index is 2.79. The van der Waals surface area contributed by atoms with Crippen molar-refractivity contribution in [2.24, 2.45) is 0 Å². The van der Waals surface area contributed by atoms with Gasteiger partial charge in [-0.1, -0.05) is 23.8 Å². The summed E-state index contributed by atoms with van der Waals surface area (Å²) in [5, 5.41) is 0. The van der Waals surface area contributed by atoms with Crippen LogP contribution in [0.4, 0.5) is 0 Å². The van der Waals surface area contributed by atoms with Crippen LogP contribution in [0.25, 0.3) is 11.1 Å². The highest BCUT2D eigenvalue weighted by molar-refractivity contribution is 5.94. The summed E-state index contributed by atoms with van der Waals surface area (Å²) in [5.41, 5.74) is 4.55. The quantitative estimate of drug-likeness (QED) is 0.793. The lowest BCUT2D eigenvalue weighted by atomic mass is 9.94. The van der Waals surface area contributed by atoms with E-state index in [0.717, 1.165) is 23.0 Å². The van der Waals surface area contributed by atoms with Crippen LogP contribution in [0.5, 0.6) is 11.5 Å². The van der Waals surface area contributed by atoms with Crippen LogP contribution >= 0.6 is 0 Å². The van der Waals surface area contributed by atoms with Crippen molar-refractivity contribution in [2.45, 2.75) is 13.8 Å². The van der Waals surface area contributed by atoms with Gasteiger partial charge in [0.05, 0.1) is 19.8 Å². The predicted octanol–water partition coefficient (Wildman–Crippen LogP) is 3.80. The summed E-state index contributed by atoms with van der Waals surface area (Å²) >= 11 is 0. The molecule has 2 aromatic rings. The van der Waals surface area contributed by atoms with E-state index in [-0.39, 0.29) is 0 Å². The summed E-state index contributed by atoms with van der Waals surface area (Å²) < 4.78 is 10.7. The summed E-state index contributed by atoms with van der Waals surface area (Å²) in [4.78, 5) is 11.5. The number of benzene rings is 2. The van der Waals surface area contributed by atoms with Crippen molar-refractivity contribution in [3.63, 3.8) is 0 Å². The fourth-order valence-electron chi connectivity index (χ4n) is 2.42. The largest absolute Gasteiger partial charge is 0.496 e. The molecule has 3 heteroatoms. The summed E-state index contributed by atoms with van der Waals surface area (Å²) in [5.74, 6) is 1.22. The normalized spacial score (nSPS) is 10.2. The molecule has 0 bridgehead atoms. The number of aryl methyl sites for hydroxylation is 2. The Hall–Kier alpha value is -2.29. The van der Waals surface area contributed by atoms with Crippen molar-refractivity contribution in [2.75, 3.05) is 14.2 Å². The van der Waals surface area contributed by atoms with E-state index in [0.29, 0.717) is 17.1 Å². The first-order chi connectivity index (χ1) is 9.62. The van der Waals surface area contributed by atoms with Gasteiger partial charge in [-0.15, -0.1) is 0 Å². The SMILES string of the molecule is COc1ccc(OC)c(-c2ccc(C)cc2C)c1C=O. The summed E-state index contributed by atoms with van der Waals surface area (Å²) in [6, 6.07) is 9.68. The first kappa shape index (κ1) is 14.1. The molecule has 0 spiro atoms. The minimum Gasteiger partial charge on any atom is -0.496 e.